The molecule has 0 aliphatic rings. The summed E-state index contributed by atoms with van der Waals surface area (Å²) in [6.45, 7) is 4.21. The van der Waals surface area contributed by atoms with E-state index in [-0.39, 0.29) is 12.5 Å². The molecule has 0 saturated heterocycles. The van der Waals surface area contributed by atoms with Crippen molar-refractivity contribution in [3.63, 3.8) is 0 Å². The van der Waals surface area contributed by atoms with E-state index in [4.69, 9.17) is 0 Å². The van der Waals surface area contributed by atoms with Crippen LogP contribution in [-0.2, 0) is 4.79 Å². The molecule has 0 saturated carbocycles. The number of allylic oxidation sites excluding steroid dienone is 13. The summed E-state index contributed by atoms with van der Waals surface area (Å²) >= 11 is 0. The van der Waals surface area contributed by atoms with Gasteiger partial charge in [0.15, 0.2) is 0 Å². The highest BCUT2D eigenvalue weighted by Gasteiger charge is 2.18. The summed E-state index contributed by atoms with van der Waals surface area (Å²) in [6.07, 6.45) is 96.6. The van der Waals surface area contributed by atoms with E-state index in [1.807, 2.05) is 6.08 Å². The predicted molar refractivity (Wildman–Crippen MR) is 336 cm³/mol. The van der Waals surface area contributed by atoms with Crippen LogP contribution in [0.5, 0.6) is 0 Å². The standard InChI is InChI=1S/C71H129NO3/c1-3-5-7-9-11-13-15-17-19-21-23-25-27-29-30-31-32-33-34-35-36-37-38-39-40-41-42-43-45-47-49-51-53-55-57-59-61-63-65-67-71(75)72-69(68-73)70(74)66-64-62-60-58-56-54-52-50-48-46-44-28-26-24-22-20-18-16-14-12-10-8-6-4-2/h5,7,11,13,17,19,23,25,48,50,56,58,64,66,69-70,73-74H,3-4,6,8-10,12,14-16,18,20-22,24,26-47,49,51-55,57,59-63,65,67-68H2,1-2H3,(H,72,75)/b7-5-,13-11-,19-17-,25-23-,50-48+,58-56+,66-64+. The highest BCUT2D eigenvalue weighted by Crippen LogP contribution is 2.18. The molecule has 75 heavy (non-hydrogen) atoms. The van der Waals surface area contributed by atoms with Crippen molar-refractivity contribution in [1.29, 1.82) is 0 Å². The Morgan fingerprint density at radius 3 is 0.933 bits per heavy atom. The molecule has 3 N–H and O–H groups in total. The molecule has 0 aromatic carbocycles. The fourth-order valence-electron chi connectivity index (χ4n) is 10.1. The lowest BCUT2D eigenvalue weighted by atomic mass is 10.0. The number of unbranched alkanes of at least 4 members (excludes halogenated alkanes) is 42. The summed E-state index contributed by atoms with van der Waals surface area (Å²) in [7, 11) is 0. The monoisotopic (exact) mass is 1040 g/mol. The van der Waals surface area contributed by atoms with Gasteiger partial charge in [0.1, 0.15) is 0 Å². The van der Waals surface area contributed by atoms with Gasteiger partial charge in [-0.1, -0.05) is 336 Å². The molecule has 0 aliphatic heterocycles. The molecule has 0 aliphatic carbocycles. The molecule has 0 rings (SSSR count). The van der Waals surface area contributed by atoms with Crippen molar-refractivity contribution in [3.05, 3.63) is 85.1 Å². The van der Waals surface area contributed by atoms with E-state index >= 15 is 0 Å². The second kappa shape index (κ2) is 65.9. The molecule has 0 aromatic heterocycles. The van der Waals surface area contributed by atoms with Crippen LogP contribution in [0.1, 0.15) is 341 Å². The summed E-state index contributed by atoms with van der Waals surface area (Å²) in [5, 5.41) is 23.2. The molecule has 1 amide bonds. The molecular formula is C71H129NO3. The van der Waals surface area contributed by atoms with Gasteiger partial charge in [-0.05, 0) is 83.5 Å². The quantitative estimate of drug-likeness (QED) is 0.0420. The van der Waals surface area contributed by atoms with Crippen molar-refractivity contribution < 1.29 is 15.0 Å². The van der Waals surface area contributed by atoms with Crippen molar-refractivity contribution in [2.45, 2.75) is 353 Å². The minimum atomic E-state index is -0.873. The van der Waals surface area contributed by atoms with Crippen molar-refractivity contribution in [2.75, 3.05) is 6.61 Å². The minimum absolute atomic E-state index is 0.0732. The molecule has 4 nitrogen and oxygen atoms in total. The van der Waals surface area contributed by atoms with Crippen LogP contribution in [0.15, 0.2) is 85.1 Å². The number of hydrogen-bond acceptors (Lipinski definition) is 3. The van der Waals surface area contributed by atoms with Crippen molar-refractivity contribution in [3.8, 4) is 0 Å². The average Bonchev–Trinajstić information content (AvgIpc) is 3.41. The first kappa shape index (κ1) is 72.6. The van der Waals surface area contributed by atoms with E-state index in [1.165, 1.54) is 257 Å². The van der Waals surface area contributed by atoms with E-state index in [0.29, 0.717) is 6.42 Å². The van der Waals surface area contributed by atoms with Crippen LogP contribution in [0.4, 0.5) is 0 Å². The Labute approximate surface area is 469 Å². The molecular weight excluding hydrogens is 915 g/mol. The SMILES string of the molecule is CC/C=C\C/C=C\C/C=C\C/C=C\CCCCCCCCCCCCCCCCCCCCCCCCCCCCC(=O)NC(CO)C(O)/C=C/CC/C=C/CC/C=C/CCCCCCCCCCCCCCCC. The van der Waals surface area contributed by atoms with Gasteiger partial charge in [0.05, 0.1) is 18.8 Å². The maximum absolute atomic E-state index is 12.5. The zero-order valence-electron chi connectivity index (χ0n) is 50.3. The fraction of sp³-hybridized carbons (Fsp3) is 0.789. The van der Waals surface area contributed by atoms with Crippen LogP contribution >= 0.6 is 0 Å². The van der Waals surface area contributed by atoms with Gasteiger partial charge in [-0.3, -0.25) is 4.79 Å². The van der Waals surface area contributed by atoms with Gasteiger partial charge in [-0.2, -0.15) is 0 Å². The molecule has 0 radical (unpaired) electrons. The fourth-order valence-corrected chi connectivity index (χ4v) is 10.1. The third kappa shape index (κ3) is 62.3. The van der Waals surface area contributed by atoms with Crippen LogP contribution in [0.25, 0.3) is 0 Å². The van der Waals surface area contributed by atoms with Gasteiger partial charge < -0.3 is 15.5 Å². The molecule has 2 atom stereocenters. The Kier molecular flexibility index (Phi) is 63.7. The Hall–Kier alpha value is -2.43. The summed E-state index contributed by atoms with van der Waals surface area (Å²) < 4.78 is 0. The minimum Gasteiger partial charge on any atom is -0.394 e. The first-order chi connectivity index (χ1) is 37.2. The average molecular weight is 1040 g/mol. The van der Waals surface area contributed by atoms with Gasteiger partial charge in [-0.15, -0.1) is 0 Å². The number of carbonyl (C=O) groups excluding carboxylic acids is 1. The van der Waals surface area contributed by atoms with Crippen LogP contribution in [0, 0.1) is 0 Å². The molecule has 0 bridgehead atoms. The number of aliphatic hydroxyl groups is 2. The maximum Gasteiger partial charge on any atom is 0.220 e. The van der Waals surface area contributed by atoms with E-state index < -0.39 is 12.1 Å². The zero-order valence-corrected chi connectivity index (χ0v) is 50.3. The molecule has 2 unspecified atom stereocenters. The topological polar surface area (TPSA) is 69.6 Å². The molecule has 0 aromatic rings. The third-order valence-corrected chi connectivity index (χ3v) is 15.1. The van der Waals surface area contributed by atoms with E-state index in [0.717, 1.165) is 64.2 Å². The third-order valence-electron chi connectivity index (χ3n) is 15.1. The summed E-state index contributed by atoms with van der Waals surface area (Å²) in [5.41, 5.74) is 0. The number of aliphatic hydroxyl groups excluding tert-OH is 2. The second-order valence-electron chi connectivity index (χ2n) is 22.5. The Balaban J connectivity index is 3.46. The summed E-state index contributed by atoms with van der Waals surface area (Å²) in [4.78, 5) is 12.5. The van der Waals surface area contributed by atoms with Gasteiger partial charge in [0.2, 0.25) is 5.91 Å². The maximum atomic E-state index is 12.5. The number of nitrogens with one attached hydrogen (secondary N) is 1. The molecule has 436 valence electrons. The normalized spacial score (nSPS) is 13.3. The Morgan fingerprint density at radius 2 is 0.600 bits per heavy atom. The van der Waals surface area contributed by atoms with Gasteiger partial charge in [0.25, 0.3) is 0 Å². The summed E-state index contributed by atoms with van der Waals surface area (Å²) in [5.74, 6) is -0.0732. The number of carbonyl (C=O) groups is 1. The van der Waals surface area contributed by atoms with Gasteiger partial charge >= 0.3 is 0 Å². The highest BCUT2D eigenvalue weighted by molar-refractivity contribution is 5.76. The highest BCUT2D eigenvalue weighted by atomic mass is 16.3. The first-order valence-corrected chi connectivity index (χ1v) is 33.3. The second-order valence-corrected chi connectivity index (χ2v) is 22.5. The van der Waals surface area contributed by atoms with E-state index in [1.54, 1.807) is 6.08 Å². The van der Waals surface area contributed by atoms with E-state index in [2.05, 4.69) is 92.1 Å². The molecule has 4 heteroatoms. The number of amides is 1. The lowest BCUT2D eigenvalue weighted by Crippen LogP contribution is -2.45. The Bertz CT molecular complexity index is 1320. The largest absolute Gasteiger partial charge is 0.394 e. The van der Waals surface area contributed by atoms with E-state index in [9.17, 15) is 15.0 Å². The smallest absolute Gasteiger partial charge is 0.220 e. The first-order valence-electron chi connectivity index (χ1n) is 33.3. The summed E-state index contributed by atoms with van der Waals surface area (Å²) in [6, 6.07) is -0.648. The molecule has 0 spiro atoms. The van der Waals surface area contributed by atoms with Crippen molar-refractivity contribution >= 4 is 5.91 Å². The van der Waals surface area contributed by atoms with Gasteiger partial charge in [0, 0.05) is 6.42 Å². The molecule has 0 fully saturated rings. The molecule has 0 heterocycles. The zero-order chi connectivity index (χ0) is 54.1. The van der Waals surface area contributed by atoms with Crippen molar-refractivity contribution in [2.24, 2.45) is 0 Å². The van der Waals surface area contributed by atoms with Crippen LogP contribution in [0.2, 0.25) is 0 Å². The van der Waals surface area contributed by atoms with Gasteiger partial charge in [-0.25, -0.2) is 0 Å². The van der Waals surface area contributed by atoms with Crippen LogP contribution in [-0.4, -0.2) is 34.9 Å². The Morgan fingerprint density at radius 1 is 0.333 bits per heavy atom. The van der Waals surface area contributed by atoms with Crippen LogP contribution < -0.4 is 5.32 Å². The lowest BCUT2D eigenvalue weighted by Gasteiger charge is -2.19. The lowest BCUT2D eigenvalue weighted by molar-refractivity contribution is -0.123. The number of rotatable bonds is 61. The predicted octanol–water partition coefficient (Wildman–Crippen LogP) is 22.7. The van der Waals surface area contributed by atoms with Crippen LogP contribution in [0.3, 0.4) is 0 Å². The number of hydrogen-bond donors (Lipinski definition) is 3. The van der Waals surface area contributed by atoms with Crippen molar-refractivity contribution in [1.82, 2.24) is 5.32 Å².